The van der Waals surface area contributed by atoms with Crippen molar-refractivity contribution in [3.8, 4) is 10.6 Å². The van der Waals surface area contributed by atoms with E-state index in [0.29, 0.717) is 17.2 Å². The molecule has 0 fully saturated rings. The number of carbonyl (C=O) groups excluding carboxylic acids is 1. The van der Waals surface area contributed by atoms with Gasteiger partial charge in [0.05, 0.1) is 23.5 Å². The molecule has 0 spiro atoms. The van der Waals surface area contributed by atoms with Crippen molar-refractivity contribution in [2.45, 2.75) is 40.2 Å². The number of ether oxygens (including phenoxy) is 1. The molecule has 0 saturated heterocycles. The van der Waals surface area contributed by atoms with Gasteiger partial charge in [-0.2, -0.15) is 0 Å². The van der Waals surface area contributed by atoms with Crippen molar-refractivity contribution in [3.63, 3.8) is 0 Å². The van der Waals surface area contributed by atoms with Crippen LogP contribution in [-0.2, 0) is 11.3 Å². The van der Waals surface area contributed by atoms with Gasteiger partial charge in [-0.25, -0.2) is 9.78 Å². The molecule has 3 rings (SSSR count). The topological polar surface area (TPSA) is 70.1 Å². The molecular formula is C19H23N3O2S. The highest BCUT2D eigenvalue weighted by Crippen LogP contribution is 2.33. The van der Waals surface area contributed by atoms with E-state index >= 15 is 0 Å². The van der Waals surface area contributed by atoms with Crippen LogP contribution in [0.1, 0.15) is 42.1 Å². The zero-order chi connectivity index (χ0) is 18.0. The Bertz CT molecular complexity index is 911. The molecule has 2 aromatic heterocycles. The van der Waals surface area contributed by atoms with Crippen LogP contribution < -0.4 is 5.73 Å². The maximum atomic E-state index is 12.0. The summed E-state index contributed by atoms with van der Waals surface area (Å²) in [6.45, 7) is 7.14. The van der Waals surface area contributed by atoms with Crippen LogP contribution in [0.4, 0.5) is 5.69 Å². The lowest BCUT2D eigenvalue weighted by Crippen LogP contribution is -2.03. The first-order valence-electron chi connectivity index (χ1n) is 8.58. The number of fused-ring (bicyclic) bond motifs is 1. The normalized spacial score (nSPS) is 11.2. The summed E-state index contributed by atoms with van der Waals surface area (Å²) in [4.78, 5) is 17.1. The van der Waals surface area contributed by atoms with Crippen LogP contribution in [0.2, 0.25) is 0 Å². The molecule has 0 amide bonds. The second-order valence-electron chi connectivity index (χ2n) is 6.02. The van der Waals surface area contributed by atoms with E-state index in [1.54, 1.807) is 6.92 Å². The monoisotopic (exact) mass is 357 g/mol. The molecule has 1 aromatic carbocycles. The molecule has 0 radical (unpaired) electrons. The van der Waals surface area contributed by atoms with Gasteiger partial charge in [0.2, 0.25) is 0 Å². The van der Waals surface area contributed by atoms with E-state index in [2.05, 4.69) is 28.6 Å². The third kappa shape index (κ3) is 3.39. The Morgan fingerprint density at radius 3 is 2.88 bits per heavy atom. The Morgan fingerprint density at radius 1 is 1.36 bits per heavy atom. The van der Waals surface area contributed by atoms with Gasteiger partial charge in [-0.15, -0.1) is 11.3 Å². The summed E-state index contributed by atoms with van der Waals surface area (Å²) in [5.74, 6) is -0.310. The lowest BCUT2D eigenvalue weighted by atomic mass is 10.1. The van der Waals surface area contributed by atoms with Gasteiger partial charge in [0.1, 0.15) is 9.88 Å². The molecular weight excluding hydrogens is 334 g/mol. The highest BCUT2D eigenvalue weighted by Gasteiger charge is 2.18. The van der Waals surface area contributed by atoms with Crippen molar-refractivity contribution in [2.75, 3.05) is 12.3 Å². The Hall–Kier alpha value is -2.34. The van der Waals surface area contributed by atoms with Crippen molar-refractivity contribution in [2.24, 2.45) is 0 Å². The second-order valence-corrected chi connectivity index (χ2v) is 7.02. The number of anilines is 1. The van der Waals surface area contributed by atoms with Crippen LogP contribution >= 0.6 is 11.3 Å². The molecule has 25 heavy (non-hydrogen) atoms. The number of thiazole rings is 1. The van der Waals surface area contributed by atoms with Crippen LogP contribution in [0.3, 0.4) is 0 Å². The molecule has 6 heteroatoms. The quantitative estimate of drug-likeness (QED) is 0.653. The third-order valence-electron chi connectivity index (χ3n) is 4.17. The largest absolute Gasteiger partial charge is 0.462 e. The molecule has 0 aliphatic rings. The van der Waals surface area contributed by atoms with Gasteiger partial charge in [0, 0.05) is 23.7 Å². The lowest BCUT2D eigenvalue weighted by Gasteiger charge is -2.04. The standard InChI is InChI=1S/C19H23N3O2S/c1-4-6-9-22-11-15(20)14-10-13(7-8-16(14)22)18-21-12(3)17(25-18)19(23)24-5-2/h7-8,10-11H,4-6,9,20H2,1-3H3. The molecule has 0 saturated carbocycles. The van der Waals surface area contributed by atoms with Gasteiger partial charge in [0.15, 0.2) is 0 Å². The van der Waals surface area contributed by atoms with Gasteiger partial charge < -0.3 is 15.0 Å². The average molecular weight is 357 g/mol. The molecule has 2 heterocycles. The van der Waals surface area contributed by atoms with Crippen molar-refractivity contribution in [1.29, 1.82) is 0 Å². The van der Waals surface area contributed by atoms with Gasteiger partial charge in [0.25, 0.3) is 0 Å². The molecule has 132 valence electrons. The molecule has 0 atom stereocenters. The molecule has 0 aliphatic carbocycles. The highest BCUT2D eigenvalue weighted by molar-refractivity contribution is 7.17. The summed E-state index contributed by atoms with van der Waals surface area (Å²) in [7, 11) is 0. The Morgan fingerprint density at radius 2 is 2.16 bits per heavy atom. The molecule has 3 aromatic rings. The number of carbonyl (C=O) groups is 1. The summed E-state index contributed by atoms with van der Waals surface area (Å²) in [5.41, 5.74) is 9.78. The number of hydrogen-bond acceptors (Lipinski definition) is 5. The predicted octanol–water partition coefficient (Wildman–Crippen LogP) is 4.63. The van der Waals surface area contributed by atoms with E-state index in [9.17, 15) is 4.79 Å². The Kier molecular flexibility index (Phi) is 5.08. The maximum Gasteiger partial charge on any atom is 0.350 e. The number of nitrogen functional groups attached to an aromatic ring is 1. The molecule has 0 bridgehead atoms. The van der Waals surface area contributed by atoms with E-state index in [0.717, 1.165) is 46.5 Å². The van der Waals surface area contributed by atoms with E-state index in [1.807, 2.05) is 19.2 Å². The minimum absolute atomic E-state index is 0.310. The van der Waals surface area contributed by atoms with E-state index in [-0.39, 0.29) is 5.97 Å². The molecule has 2 N–H and O–H groups in total. The lowest BCUT2D eigenvalue weighted by molar-refractivity contribution is 0.0531. The van der Waals surface area contributed by atoms with Crippen LogP contribution in [-0.4, -0.2) is 22.1 Å². The number of rotatable bonds is 6. The summed E-state index contributed by atoms with van der Waals surface area (Å²) < 4.78 is 7.30. The Balaban J connectivity index is 1.98. The zero-order valence-corrected chi connectivity index (χ0v) is 15.7. The van der Waals surface area contributed by atoms with Crippen LogP contribution in [0.5, 0.6) is 0 Å². The van der Waals surface area contributed by atoms with E-state index in [1.165, 1.54) is 11.3 Å². The van der Waals surface area contributed by atoms with Crippen LogP contribution in [0.15, 0.2) is 24.4 Å². The third-order valence-corrected chi connectivity index (χ3v) is 5.36. The first-order chi connectivity index (χ1) is 12.0. The van der Waals surface area contributed by atoms with Crippen molar-refractivity contribution in [3.05, 3.63) is 35.0 Å². The van der Waals surface area contributed by atoms with E-state index in [4.69, 9.17) is 10.5 Å². The first kappa shape index (κ1) is 17.5. The summed E-state index contributed by atoms with van der Waals surface area (Å²) >= 11 is 1.36. The highest BCUT2D eigenvalue weighted by atomic mass is 32.1. The van der Waals surface area contributed by atoms with Gasteiger partial charge in [-0.05, 0) is 38.5 Å². The molecule has 0 aliphatic heterocycles. The van der Waals surface area contributed by atoms with Gasteiger partial charge in [-0.3, -0.25) is 0 Å². The summed E-state index contributed by atoms with van der Waals surface area (Å²) in [6.07, 6.45) is 4.27. The number of hydrogen-bond donors (Lipinski definition) is 1. The average Bonchev–Trinajstić information content (AvgIpc) is 3.13. The van der Waals surface area contributed by atoms with Crippen molar-refractivity contribution in [1.82, 2.24) is 9.55 Å². The minimum Gasteiger partial charge on any atom is -0.462 e. The van der Waals surface area contributed by atoms with Crippen molar-refractivity contribution >= 4 is 33.9 Å². The number of benzene rings is 1. The number of nitrogens with two attached hydrogens (primary N) is 1. The summed E-state index contributed by atoms with van der Waals surface area (Å²) in [5, 5.41) is 1.84. The van der Waals surface area contributed by atoms with Crippen LogP contribution in [0, 0.1) is 6.92 Å². The van der Waals surface area contributed by atoms with Gasteiger partial charge in [-0.1, -0.05) is 13.3 Å². The van der Waals surface area contributed by atoms with Crippen LogP contribution in [0.25, 0.3) is 21.5 Å². The fourth-order valence-electron chi connectivity index (χ4n) is 2.88. The Labute approximate surface area is 151 Å². The first-order valence-corrected chi connectivity index (χ1v) is 9.40. The zero-order valence-electron chi connectivity index (χ0n) is 14.8. The number of aromatic nitrogens is 2. The van der Waals surface area contributed by atoms with E-state index < -0.39 is 0 Å². The fourth-order valence-corrected chi connectivity index (χ4v) is 3.83. The summed E-state index contributed by atoms with van der Waals surface area (Å²) in [6, 6.07) is 6.18. The predicted molar refractivity (Wildman–Crippen MR) is 103 cm³/mol. The minimum atomic E-state index is -0.310. The smallest absolute Gasteiger partial charge is 0.350 e. The second kappa shape index (κ2) is 7.27. The molecule has 5 nitrogen and oxygen atoms in total. The number of nitrogens with zero attached hydrogens (tertiary/aromatic N) is 2. The van der Waals surface area contributed by atoms with Gasteiger partial charge >= 0.3 is 5.97 Å². The van der Waals surface area contributed by atoms with Crippen molar-refractivity contribution < 1.29 is 9.53 Å². The molecule has 0 unspecified atom stereocenters. The fraction of sp³-hybridized carbons (Fsp3) is 0.368. The number of unbranched alkanes of at least 4 members (excludes halogenated alkanes) is 1. The maximum absolute atomic E-state index is 12.0. The number of aryl methyl sites for hydroxylation is 2. The number of esters is 1. The SMILES string of the molecule is CCCCn1cc(N)c2cc(-c3nc(C)c(C(=O)OCC)s3)ccc21.